The molecule has 34 heavy (non-hydrogen) atoms. The van der Waals surface area contributed by atoms with Gasteiger partial charge in [0.2, 0.25) is 0 Å². The van der Waals surface area contributed by atoms with E-state index in [-0.39, 0.29) is 46.9 Å². The van der Waals surface area contributed by atoms with Gasteiger partial charge in [-0.2, -0.15) is 5.10 Å². The first-order valence-electron chi connectivity index (χ1n) is 10.5. The average molecular weight is 503 g/mol. The summed E-state index contributed by atoms with van der Waals surface area (Å²) in [6.07, 6.45) is 0. The number of hydrogen-bond acceptors (Lipinski definition) is 6. The lowest BCUT2D eigenvalue weighted by molar-refractivity contribution is -0.121. The molecule has 1 aliphatic rings. The van der Waals surface area contributed by atoms with Crippen LogP contribution in [0.1, 0.15) is 28.5 Å². The predicted octanol–water partition coefficient (Wildman–Crippen LogP) is 3.16. The van der Waals surface area contributed by atoms with E-state index < -0.39 is 15.9 Å². The third kappa shape index (κ3) is 4.14. The SMILES string of the molecule is CCN(C(=O)c1ccc(CN2C(=O)COc3ccccc32)cc1)S(=O)(=O)c1c(C)nn(C)c1Cl. The highest BCUT2D eigenvalue weighted by molar-refractivity contribution is 7.89. The summed E-state index contributed by atoms with van der Waals surface area (Å²) in [5, 5.41) is 3.98. The minimum absolute atomic E-state index is 0.0484. The Labute approximate surface area is 202 Å². The monoisotopic (exact) mass is 502 g/mol. The van der Waals surface area contributed by atoms with Gasteiger partial charge in [-0.25, -0.2) is 12.7 Å². The molecule has 0 saturated carbocycles. The molecule has 0 atom stereocenters. The fraction of sp³-hybridized carbons (Fsp3) is 0.261. The van der Waals surface area contributed by atoms with Crippen molar-refractivity contribution in [3.63, 3.8) is 0 Å². The smallest absolute Gasteiger partial charge is 0.271 e. The summed E-state index contributed by atoms with van der Waals surface area (Å²) in [4.78, 5) is 27.0. The Morgan fingerprint density at radius 3 is 2.47 bits per heavy atom. The number of benzene rings is 2. The van der Waals surface area contributed by atoms with Gasteiger partial charge in [0.05, 0.1) is 17.9 Å². The first-order valence-corrected chi connectivity index (χ1v) is 12.3. The van der Waals surface area contributed by atoms with Gasteiger partial charge in [-0.05, 0) is 43.7 Å². The van der Waals surface area contributed by atoms with Crippen LogP contribution in [0.2, 0.25) is 5.15 Å². The molecule has 1 aliphatic heterocycles. The van der Waals surface area contributed by atoms with Crippen LogP contribution in [-0.2, 0) is 28.4 Å². The molecule has 2 aromatic carbocycles. The molecule has 2 amide bonds. The molecule has 0 N–H and O–H groups in total. The van der Waals surface area contributed by atoms with Gasteiger partial charge >= 0.3 is 0 Å². The largest absolute Gasteiger partial charge is 0.482 e. The lowest BCUT2D eigenvalue weighted by atomic mass is 10.1. The molecule has 2 heterocycles. The van der Waals surface area contributed by atoms with E-state index in [2.05, 4.69) is 5.10 Å². The number of nitrogens with zero attached hydrogens (tertiary/aromatic N) is 4. The Morgan fingerprint density at radius 2 is 1.85 bits per heavy atom. The van der Waals surface area contributed by atoms with Crippen molar-refractivity contribution in [3.8, 4) is 5.75 Å². The number of fused-ring (bicyclic) bond motifs is 1. The van der Waals surface area contributed by atoms with Crippen LogP contribution in [-0.4, -0.2) is 47.5 Å². The number of sulfonamides is 1. The quantitative estimate of drug-likeness (QED) is 0.513. The molecular weight excluding hydrogens is 480 g/mol. The third-order valence-corrected chi connectivity index (χ3v) is 8.07. The molecule has 0 unspecified atom stereocenters. The van der Waals surface area contributed by atoms with Crippen molar-refractivity contribution in [1.29, 1.82) is 0 Å². The maximum absolute atomic E-state index is 13.2. The van der Waals surface area contributed by atoms with Gasteiger partial charge in [0.1, 0.15) is 15.8 Å². The predicted molar refractivity (Wildman–Crippen MR) is 126 cm³/mol. The Kier molecular flexibility index (Phi) is 6.37. The molecule has 4 rings (SSSR count). The van der Waals surface area contributed by atoms with E-state index in [9.17, 15) is 18.0 Å². The Hall–Kier alpha value is -3.37. The second-order valence-electron chi connectivity index (χ2n) is 7.74. The van der Waals surface area contributed by atoms with Crippen molar-refractivity contribution in [2.45, 2.75) is 25.3 Å². The molecule has 3 aromatic rings. The minimum atomic E-state index is -4.21. The van der Waals surface area contributed by atoms with Gasteiger partial charge in [-0.15, -0.1) is 0 Å². The summed E-state index contributed by atoms with van der Waals surface area (Å²) in [6, 6.07) is 13.7. The lowest BCUT2D eigenvalue weighted by Gasteiger charge is -2.29. The van der Waals surface area contributed by atoms with Crippen LogP contribution in [0.5, 0.6) is 5.75 Å². The van der Waals surface area contributed by atoms with Crippen LogP contribution in [0.4, 0.5) is 5.69 Å². The van der Waals surface area contributed by atoms with Crippen LogP contribution >= 0.6 is 11.6 Å². The number of aryl methyl sites for hydroxylation is 2. The van der Waals surface area contributed by atoms with E-state index in [1.807, 2.05) is 12.1 Å². The zero-order chi connectivity index (χ0) is 24.6. The number of rotatable bonds is 6. The van der Waals surface area contributed by atoms with Crippen LogP contribution in [0, 0.1) is 6.92 Å². The van der Waals surface area contributed by atoms with E-state index in [1.54, 1.807) is 48.2 Å². The second kappa shape index (κ2) is 9.11. The average Bonchev–Trinajstić information content (AvgIpc) is 3.08. The van der Waals surface area contributed by atoms with Crippen molar-refractivity contribution in [2.24, 2.45) is 7.05 Å². The molecule has 0 radical (unpaired) electrons. The minimum Gasteiger partial charge on any atom is -0.482 e. The van der Waals surface area contributed by atoms with Gasteiger partial charge in [0, 0.05) is 19.2 Å². The summed E-state index contributed by atoms with van der Waals surface area (Å²) in [5.74, 6) is -0.228. The molecule has 0 aliphatic carbocycles. The highest BCUT2D eigenvalue weighted by atomic mass is 35.5. The number of carbonyl (C=O) groups is 2. The van der Waals surface area contributed by atoms with E-state index in [0.717, 1.165) is 9.87 Å². The zero-order valence-corrected chi connectivity index (χ0v) is 20.4. The normalized spacial score (nSPS) is 13.4. The molecule has 11 heteroatoms. The van der Waals surface area contributed by atoms with Crippen LogP contribution < -0.4 is 9.64 Å². The van der Waals surface area contributed by atoms with Crippen molar-refractivity contribution in [3.05, 3.63) is 70.5 Å². The molecule has 9 nitrogen and oxygen atoms in total. The zero-order valence-electron chi connectivity index (χ0n) is 18.9. The molecule has 0 fully saturated rings. The number of amides is 2. The number of ether oxygens (including phenoxy) is 1. The number of carbonyl (C=O) groups excluding carboxylic acids is 2. The molecule has 0 spiro atoms. The third-order valence-electron chi connectivity index (χ3n) is 5.51. The van der Waals surface area contributed by atoms with E-state index >= 15 is 0 Å². The van der Waals surface area contributed by atoms with Crippen LogP contribution in [0.25, 0.3) is 0 Å². The number of hydrogen-bond donors (Lipinski definition) is 0. The standard InChI is InChI=1S/C23H23ClN4O5S/c1-4-28(34(31,32)21-15(2)25-26(3)22(21)24)23(30)17-11-9-16(10-12-17)13-27-18-7-5-6-8-19(18)33-14-20(27)29/h5-12H,4,13-14H2,1-3H3. The van der Waals surface area contributed by atoms with E-state index in [4.69, 9.17) is 16.3 Å². The van der Waals surface area contributed by atoms with Gasteiger partial charge in [0.25, 0.3) is 21.8 Å². The van der Waals surface area contributed by atoms with Gasteiger partial charge in [0.15, 0.2) is 6.61 Å². The second-order valence-corrected chi connectivity index (χ2v) is 9.89. The van der Waals surface area contributed by atoms with Crippen molar-refractivity contribution >= 4 is 39.1 Å². The maximum Gasteiger partial charge on any atom is 0.271 e. The number of anilines is 1. The van der Waals surface area contributed by atoms with Crippen molar-refractivity contribution in [2.75, 3.05) is 18.1 Å². The van der Waals surface area contributed by atoms with Crippen molar-refractivity contribution in [1.82, 2.24) is 14.1 Å². The molecular formula is C23H23ClN4O5S. The topological polar surface area (TPSA) is 102 Å². The van der Waals surface area contributed by atoms with Gasteiger partial charge in [-0.1, -0.05) is 35.9 Å². The first-order chi connectivity index (χ1) is 16.1. The van der Waals surface area contributed by atoms with E-state index in [1.165, 1.54) is 18.7 Å². The first kappa shape index (κ1) is 23.8. The van der Waals surface area contributed by atoms with E-state index in [0.29, 0.717) is 11.4 Å². The van der Waals surface area contributed by atoms with Crippen LogP contribution in [0.15, 0.2) is 53.4 Å². The molecule has 178 valence electrons. The summed E-state index contributed by atoms with van der Waals surface area (Å²) in [6.45, 7) is 3.26. The van der Waals surface area contributed by atoms with Gasteiger partial charge in [-0.3, -0.25) is 14.3 Å². The fourth-order valence-corrected chi connectivity index (χ4v) is 5.95. The maximum atomic E-state index is 13.2. The summed E-state index contributed by atoms with van der Waals surface area (Å²) in [5.41, 5.74) is 1.86. The van der Waals surface area contributed by atoms with Crippen LogP contribution in [0.3, 0.4) is 0 Å². The van der Waals surface area contributed by atoms with Crippen molar-refractivity contribution < 1.29 is 22.7 Å². The lowest BCUT2D eigenvalue weighted by Crippen LogP contribution is -2.38. The molecule has 1 aromatic heterocycles. The Balaban J connectivity index is 1.58. The fourth-order valence-electron chi connectivity index (χ4n) is 3.84. The summed E-state index contributed by atoms with van der Waals surface area (Å²) >= 11 is 6.15. The molecule has 0 bridgehead atoms. The Morgan fingerprint density at radius 1 is 1.18 bits per heavy atom. The highest BCUT2D eigenvalue weighted by Crippen LogP contribution is 2.33. The van der Waals surface area contributed by atoms with Gasteiger partial charge < -0.3 is 9.64 Å². The number of halogens is 1. The molecule has 0 saturated heterocycles. The number of para-hydroxylation sites is 2. The summed E-state index contributed by atoms with van der Waals surface area (Å²) in [7, 11) is -2.68. The Bertz CT molecular complexity index is 1370. The number of aromatic nitrogens is 2. The highest BCUT2D eigenvalue weighted by Gasteiger charge is 2.34. The summed E-state index contributed by atoms with van der Waals surface area (Å²) < 4.78 is 33.9.